The number of hydrogen-bond acceptors (Lipinski definition) is 4. The van der Waals surface area contributed by atoms with Gasteiger partial charge in [0.15, 0.2) is 17.5 Å². The fraction of sp³-hybridized carbons (Fsp3) is 0. The van der Waals surface area contributed by atoms with Crippen LogP contribution in [-0.4, -0.2) is 19.9 Å². The molecule has 0 saturated heterocycles. The molecule has 0 spiro atoms. The van der Waals surface area contributed by atoms with E-state index in [2.05, 4.69) is 48.5 Å². The zero-order chi connectivity index (χ0) is 33.9. The maximum atomic E-state index is 6.21. The second-order valence-corrected chi connectivity index (χ2v) is 12.7. The first-order valence-electron chi connectivity index (χ1n) is 16.2. The molecule has 0 aliphatic rings. The summed E-state index contributed by atoms with van der Waals surface area (Å²) in [7, 11) is 0. The summed E-state index contributed by atoms with van der Waals surface area (Å²) >= 11 is 12.4. The lowest BCUT2D eigenvalue weighted by atomic mass is 9.98. The lowest BCUT2D eigenvalue weighted by Gasteiger charge is -2.12. The van der Waals surface area contributed by atoms with Crippen LogP contribution < -0.4 is 0 Å². The average molecular weight is 684 g/mol. The summed E-state index contributed by atoms with van der Waals surface area (Å²) in [6.45, 7) is 0. The van der Waals surface area contributed by atoms with Gasteiger partial charge in [-0.25, -0.2) is 19.9 Å². The van der Waals surface area contributed by atoms with Gasteiger partial charge in [0.2, 0.25) is 0 Å². The van der Waals surface area contributed by atoms with Crippen LogP contribution in [0.15, 0.2) is 170 Å². The van der Waals surface area contributed by atoms with Crippen LogP contribution in [0, 0.1) is 0 Å². The van der Waals surface area contributed by atoms with E-state index in [1.807, 2.05) is 121 Å². The molecule has 0 radical (unpaired) electrons. The van der Waals surface area contributed by atoms with Crippen molar-refractivity contribution in [3.8, 4) is 78.9 Å². The highest BCUT2D eigenvalue weighted by Crippen LogP contribution is 2.33. The van der Waals surface area contributed by atoms with E-state index in [0.717, 1.165) is 61.5 Å². The van der Waals surface area contributed by atoms with Crippen molar-refractivity contribution in [3.05, 3.63) is 180 Å². The minimum Gasteiger partial charge on any atom is -0.248 e. The molecule has 6 heteroatoms. The van der Waals surface area contributed by atoms with Gasteiger partial charge in [0, 0.05) is 37.9 Å². The van der Waals surface area contributed by atoms with Crippen molar-refractivity contribution in [3.63, 3.8) is 0 Å². The van der Waals surface area contributed by atoms with Crippen LogP contribution in [0.4, 0.5) is 0 Å². The van der Waals surface area contributed by atoms with E-state index >= 15 is 0 Å². The van der Waals surface area contributed by atoms with Gasteiger partial charge in [-0.15, -0.1) is 0 Å². The molecule has 2 heterocycles. The van der Waals surface area contributed by atoms with Gasteiger partial charge in [-0.2, -0.15) is 0 Å². The van der Waals surface area contributed by atoms with E-state index < -0.39 is 0 Å². The standard InChI is InChI=1S/C44H28Cl2N4/c45-38-22-18-30(19-23-38)37-27-40(47-41(28-37)32-20-24-39(46)25-21-32)31-16-14-29(15-17-31)35-12-7-13-36(26-35)44-49-42(33-8-3-1-4-9-33)48-43(50-44)34-10-5-2-6-11-34/h1-28H. The van der Waals surface area contributed by atoms with Crippen LogP contribution in [0.2, 0.25) is 10.0 Å². The van der Waals surface area contributed by atoms with Crippen LogP contribution in [0.5, 0.6) is 0 Å². The minimum absolute atomic E-state index is 0.620. The molecule has 238 valence electrons. The number of nitrogens with zero attached hydrogens (tertiary/aromatic N) is 4. The Kier molecular flexibility index (Phi) is 8.70. The van der Waals surface area contributed by atoms with E-state index in [1.165, 1.54) is 0 Å². The topological polar surface area (TPSA) is 51.6 Å². The van der Waals surface area contributed by atoms with Gasteiger partial charge in [-0.1, -0.05) is 151 Å². The molecular weight excluding hydrogens is 655 g/mol. The lowest BCUT2D eigenvalue weighted by molar-refractivity contribution is 1.07. The van der Waals surface area contributed by atoms with Crippen molar-refractivity contribution < 1.29 is 0 Å². The van der Waals surface area contributed by atoms with Crippen LogP contribution in [-0.2, 0) is 0 Å². The predicted octanol–water partition coefficient (Wildman–Crippen LogP) is 12.2. The van der Waals surface area contributed by atoms with Crippen molar-refractivity contribution in [1.29, 1.82) is 0 Å². The third-order valence-electron chi connectivity index (χ3n) is 8.48. The summed E-state index contributed by atoms with van der Waals surface area (Å²) in [5.41, 5.74) is 10.8. The van der Waals surface area contributed by atoms with Gasteiger partial charge in [0.25, 0.3) is 0 Å². The molecular formula is C44H28Cl2N4. The molecule has 0 aliphatic heterocycles. The number of halogens is 2. The Hall–Kier alpha value is -5.94. The minimum atomic E-state index is 0.620. The summed E-state index contributed by atoms with van der Waals surface area (Å²) in [6, 6.07) is 56.7. The first-order chi connectivity index (χ1) is 24.6. The summed E-state index contributed by atoms with van der Waals surface area (Å²) in [5.74, 6) is 1.89. The smallest absolute Gasteiger partial charge is 0.164 e. The molecule has 0 aliphatic carbocycles. The van der Waals surface area contributed by atoms with E-state index in [1.54, 1.807) is 0 Å². The lowest BCUT2D eigenvalue weighted by Crippen LogP contribution is -2.00. The van der Waals surface area contributed by atoms with Crippen molar-refractivity contribution >= 4 is 23.2 Å². The molecule has 50 heavy (non-hydrogen) atoms. The summed E-state index contributed by atoms with van der Waals surface area (Å²) < 4.78 is 0. The van der Waals surface area contributed by atoms with Crippen molar-refractivity contribution in [2.24, 2.45) is 0 Å². The maximum absolute atomic E-state index is 6.21. The second kappa shape index (κ2) is 13.9. The Morgan fingerprint density at radius 2 is 0.640 bits per heavy atom. The SMILES string of the molecule is Clc1ccc(-c2cc(-c3ccc(Cl)cc3)nc(-c3ccc(-c4cccc(-c5nc(-c6ccccc6)nc(-c6ccccc6)n5)c4)cc3)c2)cc1. The molecule has 0 N–H and O–H groups in total. The fourth-order valence-electron chi connectivity index (χ4n) is 5.86. The van der Waals surface area contributed by atoms with Crippen LogP contribution in [0.1, 0.15) is 0 Å². The van der Waals surface area contributed by atoms with Gasteiger partial charge >= 0.3 is 0 Å². The normalized spacial score (nSPS) is 11.0. The summed E-state index contributed by atoms with van der Waals surface area (Å²) in [6.07, 6.45) is 0. The average Bonchev–Trinajstić information content (AvgIpc) is 3.19. The van der Waals surface area contributed by atoms with E-state index in [9.17, 15) is 0 Å². The molecule has 0 fully saturated rings. The first kappa shape index (κ1) is 31.3. The van der Waals surface area contributed by atoms with Crippen LogP contribution >= 0.6 is 23.2 Å². The Morgan fingerprint density at radius 1 is 0.260 bits per heavy atom. The zero-order valence-corrected chi connectivity index (χ0v) is 28.2. The van der Waals surface area contributed by atoms with Gasteiger partial charge in [0.05, 0.1) is 11.4 Å². The van der Waals surface area contributed by atoms with E-state index in [-0.39, 0.29) is 0 Å². The molecule has 0 bridgehead atoms. The van der Waals surface area contributed by atoms with Gasteiger partial charge in [-0.3, -0.25) is 0 Å². The Balaban J connectivity index is 1.16. The highest BCUT2D eigenvalue weighted by atomic mass is 35.5. The van der Waals surface area contributed by atoms with E-state index in [0.29, 0.717) is 27.5 Å². The molecule has 6 aromatic carbocycles. The Labute approximate surface area is 300 Å². The van der Waals surface area contributed by atoms with Crippen LogP contribution in [0.3, 0.4) is 0 Å². The molecule has 0 saturated carbocycles. The van der Waals surface area contributed by atoms with Gasteiger partial charge in [-0.05, 0) is 64.7 Å². The van der Waals surface area contributed by atoms with E-state index in [4.69, 9.17) is 43.1 Å². The maximum Gasteiger partial charge on any atom is 0.164 e. The molecule has 2 aromatic heterocycles. The first-order valence-corrected chi connectivity index (χ1v) is 16.9. The van der Waals surface area contributed by atoms with Crippen molar-refractivity contribution in [2.45, 2.75) is 0 Å². The van der Waals surface area contributed by atoms with Gasteiger partial charge in [0.1, 0.15) is 0 Å². The highest BCUT2D eigenvalue weighted by molar-refractivity contribution is 6.31. The number of pyridine rings is 1. The van der Waals surface area contributed by atoms with Crippen molar-refractivity contribution in [1.82, 2.24) is 19.9 Å². The third kappa shape index (κ3) is 6.81. The monoisotopic (exact) mass is 682 g/mol. The number of rotatable bonds is 7. The second-order valence-electron chi connectivity index (χ2n) is 11.8. The van der Waals surface area contributed by atoms with Crippen LogP contribution in [0.25, 0.3) is 78.9 Å². The molecule has 4 nitrogen and oxygen atoms in total. The number of hydrogen-bond donors (Lipinski definition) is 0. The quantitative estimate of drug-likeness (QED) is 0.168. The predicted molar refractivity (Wildman–Crippen MR) is 206 cm³/mol. The number of aromatic nitrogens is 4. The third-order valence-corrected chi connectivity index (χ3v) is 8.98. The summed E-state index contributed by atoms with van der Waals surface area (Å²) in [5, 5.41) is 1.38. The van der Waals surface area contributed by atoms with Crippen molar-refractivity contribution in [2.75, 3.05) is 0 Å². The largest absolute Gasteiger partial charge is 0.248 e. The van der Waals surface area contributed by atoms with Gasteiger partial charge < -0.3 is 0 Å². The molecule has 0 atom stereocenters. The molecule has 0 unspecified atom stereocenters. The molecule has 0 amide bonds. The zero-order valence-electron chi connectivity index (χ0n) is 26.7. The molecule has 8 aromatic rings. The Morgan fingerprint density at radius 3 is 1.16 bits per heavy atom. The molecule has 8 rings (SSSR count). The summed E-state index contributed by atoms with van der Waals surface area (Å²) in [4.78, 5) is 19.8. The Bertz CT molecular complexity index is 2290. The fourth-order valence-corrected chi connectivity index (χ4v) is 6.12. The highest BCUT2D eigenvalue weighted by Gasteiger charge is 2.14. The number of benzene rings is 6.